The van der Waals surface area contributed by atoms with Crippen molar-refractivity contribution >= 4 is 5.91 Å². The van der Waals surface area contributed by atoms with Gasteiger partial charge in [-0.2, -0.15) is 5.10 Å². The topological polar surface area (TPSA) is 50.6 Å². The van der Waals surface area contributed by atoms with Crippen LogP contribution in [0.3, 0.4) is 0 Å². The van der Waals surface area contributed by atoms with E-state index in [0.717, 1.165) is 39.0 Å². The number of carbonyl (C=O) groups excluding carboxylic acids is 1. The number of fused-ring (bicyclic) bond motifs is 3. The van der Waals surface area contributed by atoms with Crippen molar-refractivity contribution in [1.29, 1.82) is 0 Å². The van der Waals surface area contributed by atoms with E-state index in [1.807, 2.05) is 41.0 Å². The zero-order valence-electron chi connectivity index (χ0n) is 15.8. The van der Waals surface area contributed by atoms with Crippen LogP contribution >= 0.6 is 0 Å². The lowest BCUT2D eigenvalue weighted by Crippen LogP contribution is -2.47. The number of carbonyl (C=O) groups is 1. The molecule has 0 N–H and O–H groups in total. The molecule has 5 rings (SSSR count). The van der Waals surface area contributed by atoms with E-state index >= 15 is 0 Å². The molecule has 6 heteroatoms. The number of benzene rings is 1. The minimum Gasteiger partial charge on any atom is -0.371 e. The molecular formula is C21H26N4O2. The average molecular weight is 366 g/mol. The van der Waals surface area contributed by atoms with Crippen LogP contribution in [0.5, 0.6) is 0 Å². The van der Waals surface area contributed by atoms with E-state index in [1.54, 1.807) is 0 Å². The molecule has 1 amide bonds. The van der Waals surface area contributed by atoms with Crippen molar-refractivity contribution in [1.82, 2.24) is 19.6 Å². The van der Waals surface area contributed by atoms with Crippen LogP contribution in [-0.4, -0.2) is 57.3 Å². The molecule has 1 aromatic heterocycles. The van der Waals surface area contributed by atoms with Crippen LogP contribution in [0.2, 0.25) is 0 Å². The number of hydrogen-bond donors (Lipinski definition) is 0. The molecule has 1 spiro atoms. The van der Waals surface area contributed by atoms with Gasteiger partial charge in [0.2, 0.25) is 5.91 Å². The quantitative estimate of drug-likeness (QED) is 0.828. The van der Waals surface area contributed by atoms with Crippen LogP contribution in [0.4, 0.5) is 0 Å². The second-order valence-electron chi connectivity index (χ2n) is 8.29. The van der Waals surface area contributed by atoms with E-state index in [0.29, 0.717) is 12.5 Å². The first-order valence-corrected chi connectivity index (χ1v) is 9.81. The Labute approximate surface area is 159 Å². The Balaban J connectivity index is 1.29. The summed E-state index contributed by atoms with van der Waals surface area (Å²) in [5.41, 5.74) is 2.10. The zero-order valence-corrected chi connectivity index (χ0v) is 15.8. The predicted molar refractivity (Wildman–Crippen MR) is 101 cm³/mol. The molecule has 4 heterocycles. The van der Waals surface area contributed by atoms with Gasteiger partial charge >= 0.3 is 0 Å². The van der Waals surface area contributed by atoms with Crippen LogP contribution in [0.1, 0.15) is 24.0 Å². The molecule has 1 aromatic carbocycles. The van der Waals surface area contributed by atoms with Gasteiger partial charge in [0.25, 0.3) is 0 Å². The fraction of sp³-hybridized carbons (Fsp3) is 0.524. The number of nitrogens with zero attached hydrogens (tertiary/aromatic N) is 4. The summed E-state index contributed by atoms with van der Waals surface area (Å²) < 4.78 is 8.11. The number of amides is 1. The largest absolute Gasteiger partial charge is 0.371 e. The maximum absolute atomic E-state index is 13.4. The summed E-state index contributed by atoms with van der Waals surface area (Å²) in [6.07, 6.45) is 5.96. The Bertz CT molecular complexity index is 836. The molecule has 0 saturated carbocycles. The number of hydrogen-bond acceptors (Lipinski definition) is 4. The Morgan fingerprint density at radius 2 is 2.04 bits per heavy atom. The number of likely N-dealkylation sites (tertiary alicyclic amines) is 2. The van der Waals surface area contributed by atoms with Gasteiger partial charge in [0.15, 0.2) is 0 Å². The van der Waals surface area contributed by atoms with Crippen molar-refractivity contribution in [2.24, 2.45) is 12.5 Å². The highest BCUT2D eigenvalue weighted by Crippen LogP contribution is 2.49. The zero-order chi connectivity index (χ0) is 18.4. The highest BCUT2D eigenvalue weighted by molar-refractivity contribution is 5.86. The summed E-state index contributed by atoms with van der Waals surface area (Å²) in [7, 11) is 1.94. The van der Waals surface area contributed by atoms with E-state index < -0.39 is 0 Å². The van der Waals surface area contributed by atoms with E-state index in [4.69, 9.17) is 4.74 Å². The SMILES string of the molecule is Cn1cc(CN2C[C@@H]3C[C@@]4(CCN(Cc5ccccc5)C4=O)[C@H](C2)O3)cn1. The maximum Gasteiger partial charge on any atom is 0.231 e. The number of aryl methyl sites for hydroxylation is 1. The molecule has 0 unspecified atom stereocenters. The monoisotopic (exact) mass is 366 g/mol. The Morgan fingerprint density at radius 3 is 2.81 bits per heavy atom. The third-order valence-electron chi connectivity index (χ3n) is 6.37. The lowest BCUT2D eigenvalue weighted by molar-refractivity contribution is -0.141. The van der Waals surface area contributed by atoms with E-state index in [2.05, 4.69) is 28.3 Å². The summed E-state index contributed by atoms with van der Waals surface area (Å²) in [4.78, 5) is 17.8. The summed E-state index contributed by atoms with van der Waals surface area (Å²) in [5, 5.41) is 4.27. The number of rotatable bonds is 4. The molecule has 27 heavy (non-hydrogen) atoms. The van der Waals surface area contributed by atoms with Crippen LogP contribution in [0, 0.1) is 5.41 Å². The minimum atomic E-state index is -0.316. The van der Waals surface area contributed by atoms with Gasteiger partial charge in [0.1, 0.15) is 0 Å². The first kappa shape index (κ1) is 17.0. The highest BCUT2D eigenvalue weighted by atomic mass is 16.5. The Hall–Kier alpha value is -2.18. The van der Waals surface area contributed by atoms with Crippen molar-refractivity contribution < 1.29 is 9.53 Å². The summed E-state index contributed by atoms with van der Waals surface area (Å²) in [6, 6.07) is 10.3. The molecule has 3 aliphatic heterocycles. The maximum atomic E-state index is 13.4. The molecule has 3 atom stereocenters. The predicted octanol–water partition coefficient (Wildman–Crippen LogP) is 1.81. The molecule has 2 aromatic rings. The van der Waals surface area contributed by atoms with Crippen LogP contribution in [-0.2, 0) is 29.7 Å². The van der Waals surface area contributed by atoms with Crippen LogP contribution < -0.4 is 0 Å². The lowest BCUT2D eigenvalue weighted by Gasteiger charge is -2.34. The molecule has 6 nitrogen and oxygen atoms in total. The van der Waals surface area contributed by atoms with Gasteiger partial charge in [-0.25, -0.2) is 0 Å². The third-order valence-corrected chi connectivity index (χ3v) is 6.37. The first-order chi connectivity index (χ1) is 13.1. The highest BCUT2D eigenvalue weighted by Gasteiger charge is 2.60. The van der Waals surface area contributed by atoms with Gasteiger partial charge in [0.05, 0.1) is 23.8 Å². The van der Waals surface area contributed by atoms with Gasteiger partial charge < -0.3 is 9.64 Å². The average Bonchev–Trinajstić information content (AvgIpc) is 3.29. The summed E-state index contributed by atoms with van der Waals surface area (Å²) in [5.74, 6) is 0.294. The Morgan fingerprint density at radius 1 is 1.19 bits per heavy atom. The first-order valence-electron chi connectivity index (χ1n) is 9.81. The lowest BCUT2D eigenvalue weighted by atomic mass is 9.79. The second kappa shape index (κ2) is 6.46. The molecule has 3 aliphatic rings. The fourth-order valence-electron chi connectivity index (χ4n) is 5.11. The normalized spacial score (nSPS) is 30.6. The van der Waals surface area contributed by atoms with Gasteiger partial charge in [-0.1, -0.05) is 30.3 Å². The van der Waals surface area contributed by atoms with Gasteiger partial charge in [0, 0.05) is 51.5 Å². The van der Waals surface area contributed by atoms with Crippen molar-refractivity contribution in [2.75, 3.05) is 19.6 Å². The minimum absolute atomic E-state index is 0.0150. The van der Waals surface area contributed by atoms with E-state index in [-0.39, 0.29) is 17.6 Å². The van der Waals surface area contributed by atoms with Crippen LogP contribution in [0.15, 0.2) is 42.7 Å². The van der Waals surface area contributed by atoms with Crippen molar-refractivity contribution in [2.45, 2.75) is 38.1 Å². The van der Waals surface area contributed by atoms with Gasteiger partial charge in [-0.3, -0.25) is 14.4 Å². The fourth-order valence-corrected chi connectivity index (χ4v) is 5.11. The van der Waals surface area contributed by atoms with E-state index in [1.165, 1.54) is 11.1 Å². The molecule has 0 radical (unpaired) electrons. The molecule has 142 valence electrons. The van der Waals surface area contributed by atoms with E-state index in [9.17, 15) is 4.79 Å². The standard InChI is InChI=1S/C21H26N4O2/c1-23-11-17(10-22-23)12-24-14-18-9-21(19(15-24)27-18)7-8-25(20(21)26)13-16-5-3-2-4-6-16/h2-6,10-11,18-19H,7-9,12-15H2,1H3/t18-,19-,21-/m0/s1. The molecular weight excluding hydrogens is 340 g/mol. The smallest absolute Gasteiger partial charge is 0.231 e. The third kappa shape index (κ3) is 2.97. The molecule has 3 saturated heterocycles. The van der Waals surface area contributed by atoms with Crippen molar-refractivity contribution in [3.8, 4) is 0 Å². The number of aromatic nitrogens is 2. The van der Waals surface area contributed by atoms with Gasteiger partial charge in [-0.05, 0) is 18.4 Å². The van der Waals surface area contributed by atoms with Crippen LogP contribution in [0.25, 0.3) is 0 Å². The van der Waals surface area contributed by atoms with Gasteiger partial charge in [-0.15, -0.1) is 0 Å². The van der Waals surface area contributed by atoms with Crippen molar-refractivity contribution in [3.05, 3.63) is 53.9 Å². The summed E-state index contributed by atoms with van der Waals surface area (Å²) >= 11 is 0. The van der Waals surface area contributed by atoms with Crippen molar-refractivity contribution in [3.63, 3.8) is 0 Å². The Kier molecular flexibility index (Phi) is 4.06. The number of ether oxygens (including phenoxy) is 1. The number of morpholine rings is 1. The molecule has 0 aliphatic carbocycles. The summed E-state index contributed by atoms with van der Waals surface area (Å²) in [6.45, 7) is 4.15. The second-order valence-corrected chi connectivity index (χ2v) is 8.29. The molecule has 3 fully saturated rings. The molecule has 2 bridgehead atoms.